The molecular weight excluding hydrogens is 354 g/mol. The Morgan fingerprint density at radius 3 is 2.46 bits per heavy atom. The number of hydrogen-bond acceptors (Lipinski definition) is 3. The lowest BCUT2D eigenvalue weighted by molar-refractivity contribution is -0.124. The molecule has 0 aliphatic carbocycles. The predicted octanol–water partition coefficient (Wildman–Crippen LogP) is 3.43. The van der Waals surface area contributed by atoms with Crippen LogP contribution in [-0.4, -0.2) is 42.8 Å². The number of carbonyl (C=O) groups excluding carboxylic acids is 3. The maximum atomic E-state index is 13.0. The van der Waals surface area contributed by atoms with Gasteiger partial charge in [0.05, 0.1) is 5.41 Å². The zero-order valence-corrected chi connectivity index (χ0v) is 16.1. The van der Waals surface area contributed by atoms with Gasteiger partial charge in [-0.25, -0.2) is 4.79 Å². The van der Waals surface area contributed by atoms with Crippen LogP contribution in [-0.2, 0) is 10.2 Å². The van der Waals surface area contributed by atoms with Gasteiger partial charge >= 0.3 is 6.03 Å². The molecule has 0 radical (unpaired) electrons. The minimum atomic E-state index is -0.531. The monoisotopic (exact) mass is 377 g/mol. The first-order chi connectivity index (χ1) is 13.4. The molecule has 2 aromatic carbocycles. The van der Waals surface area contributed by atoms with Gasteiger partial charge in [-0.15, -0.1) is 0 Å². The van der Waals surface area contributed by atoms with Crippen molar-refractivity contribution < 1.29 is 14.4 Å². The van der Waals surface area contributed by atoms with Crippen LogP contribution in [0.1, 0.15) is 35.7 Å². The number of nitrogens with one attached hydrogen (secondary N) is 1. The number of likely N-dealkylation sites (N-methyl/N-ethyl adjacent to an activating group) is 1. The maximum Gasteiger partial charge on any atom is 0.321 e. The Kier molecular flexibility index (Phi) is 4.41. The molecule has 0 bridgehead atoms. The third-order valence-corrected chi connectivity index (χ3v) is 5.92. The van der Waals surface area contributed by atoms with Crippen LogP contribution < -0.4 is 10.2 Å². The Labute approximate surface area is 164 Å². The van der Waals surface area contributed by atoms with Crippen LogP contribution >= 0.6 is 0 Å². The van der Waals surface area contributed by atoms with Crippen molar-refractivity contribution in [2.75, 3.05) is 30.4 Å². The topological polar surface area (TPSA) is 69.7 Å². The molecule has 1 saturated heterocycles. The van der Waals surface area contributed by atoms with Crippen molar-refractivity contribution in [3.8, 4) is 0 Å². The molecule has 6 nitrogen and oxygen atoms in total. The van der Waals surface area contributed by atoms with Gasteiger partial charge < -0.3 is 15.1 Å². The van der Waals surface area contributed by atoms with E-state index in [4.69, 9.17) is 0 Å². The van der Waals surface area contributed by atoms with E-state index in [1.54, 1.807) is 34.1 Å². The summed E-state index contributed by atoms with van der Waals surface area (Å²) >= 11 is 0. The van der Waals surface area contributed by atoms with Crippen LogP contribution in [0.4, 0.5) is 16.2 Å². The molecule has 2 aliphatic heterocycles. The number of para-hydroxylation sites is 1. The number of hydrogen-bond donors (Lipinski definition) is 1. The molecule has 1 spiro atoms. The summed E-state index contributed by atoms with van der Waals surface area (Å²) in [6, 6.07) is 14.6. The van der Waals surface area contributed by atoms with Crippen LogP contribution in [0.5, 0.6) is 0 Å². The number of ketones is 1. The van der Waals surface area contributed by atoms with E-state index in [1.807, 2.05) is 31.3 Å². The van der Waals surface area contributed by atoms with Gasteiger partial charge in [-0.3, -0.25) is 9.59 Å². The number of Topliss-reactive ketones (excluding diaryl/α,β-unsaturated/α-hetero) is 1. The molecule has 0 unspecified atom stereocenters. The molecule has 2 heterocycles. The van der Waals surface area contributed by atoms with E-state index in [-0.39, 0.29) is 17.7 Å². The molecule has 3 amide bonds. The minimum absolute atomic E-state index is 0.0430. The molecule has 0 aromatic heterocycles. The van der Waals surface area contributed by atoms with Gasteiger partial charge in [0.2, 0.25) is 5.91 Å². The Bertz CT molecular complexity index is 961. The van der Waals surface area contributed by atoms with Gasteiger partial charge in [-0.2, -0.15) is 0 Å². The van der Waals surface area contributed by atoms with Gasteiger partial charge in [0.25, 0.3) is 0 Å². The molecule has 2 aliphatic rings. The van der Waals surface area contributed by atoms with Crippen LogP contribution in [0.15, 0.2) is 48.5 Å². The lowest BCUT2D eigenvalue weighted by atomic mass is 9.73. The SMILES string of the molecule is CC(=O)c1cccc(NC(=O)N2CCC3(CC2)C(=O)N(C)c2ccccc23)c1. The van der Waals surface area contributed by atoms with Crippen molar-refractivity contribution in [3.05, 3.63) is 59.7 Å². The Hall–Kier alpha value is -3.15. The highest BCUT2D eigenvalue weighted by atomic mass is 16.2. The molecule has 28 heavy (non-hydrogen) atoms. The number of rotatable bonds is 2. The summed E-state index contributed by atoms with van der Waals surface area (Å²) in [6.07, 6.45) is 1.21. The quantitative estimate of drug-likeness (QED) is 0.815. The Morgan fingerprint density at radius 1 is 1.04 bits per heavy atom. The van der Waals surface area contributed by atoms with E-state index < -0.39 is 5.41 Å². The molecule has 2 aromatic rings. The second kappa shape index (κ2) is 6.78. The second-order valence-electron chi connectivity index (χ2n) is 7.52. The summed E-state index contributed by atoms with van der Waals surface area (Å²) in [6.45, 7) is 2.51. The number of anilines is 2. The van der Waals surface area contributed by atoms with E-state index in [0.29, 0.717) is 37.2 Å². The normalized spacial score (nSPS) is 17.6. The van der Waals surface area contributed by atoms with E-state index in [0.717, 1.165) is 11.3 Å². The summed E-state index contributed by atoms with van der Waals surface area (Å²) in [5.41, 5.74) is 2.66. The fraction of sp³-hybridized carbons (Fsp3) is 0.318. The summed E-state index contributed by atoms with van der Waals surface area (Å²) in [7, 11) is 1.82. The summed E-state index contributed by atoms with van der Waals surface area (Å²) < 4.78 is 0. The fourth-order valence-corrected chi connectivity index (χ4v) is 4.31. The standard InChI is InChI=1S/C22H23N3O3/c1-15(26)16-6-5-7-17(14-16)23-21(28)25-12-10-22(11-13-25)18-8-3-4-9-19(18)24(2)20(22)27/h3-9,14H,10-13H2,1-2H3,(H,23,28). The molecule has 0 saturated carbocycles. The number of likely N-dealkylation sites (tertiary alicyclic amines) is 1. The average Bonchev–Trinajstić information content (AvgIpc) is 2.91. The van der Waals surface area contributed by atoms with Crippen LogP contribution in [0.25, 0.3) is 0 Å². The number of amides is 3. The van der Waals surface area contributed by atoms with Crippen molar-refractivity contribution in [1.82, 2.24) is 4.90 Å². The lowest BCUT2D eigenvalue weighted by Gasteiger charge is -2.38. The van der Waals surface area contributed by atoms with Crippen LogP contribution in [0.2, 0.25) is 0 Å². The first-order valence-corrected chi connectivity index (χ1v) is 9.47. The maximum absolute atomic E-state index is 13.0. The zero-order chi connectivity index (χ0) is 19.9. The van der Waals surface area contributed by atoms with Crippen molar-refractivity contribution >= 4 is 29.1 Å². The number of fused-ring (bicyclic) bond motifs is 2. The van der Waals surface area contributed by atoms with Gasteiger partial charge in [0.15, 0.2) is 5.78 Å². The fourth-order valence-electron chi connectivity index (χ4n) is 4.31. The molecular formula is C22H23N3O3. The first kappa shape index (κ1) is 18.2. The molecule has 0 atom stereocenters. The number of piperidine rings is 1. The molecule has 1 N–H and O–H groups in total. The highest BCUT2D eigenvalue weighted by Gasteiger charge is 2.51. The smallest absolute Gasteiger partial charge is 0.321 e. The highest BCUT2D eigenvalue weighted by molar-refractivity contribution is 6.08. The van der Waals surface area contributed by atoms with Gasteiger partial charge in [-0.05, 0) is 43.5 Å². The van der Waals surface area contributed by atoms with E-state index in [9.17, 15) is 14.4 Å². The highest BCUT2D eigenvalue weighted by Crippen LogP contribution is 2.47. The van der Waals surface area contributed by atoms with Crippen molar-refractivity contribution in [3.63, 3.8) is 0 Å². The summed E-state index contributed by atoms with van der Waals surface area (Å²) in [5.74, 6) is 0.0708. The predicted molar refractivity (Wildman–Crippen MR) is 108 cm³/mol. The number of urea groups is 1. The van der Waals surface area contributed by atoms with Gasteiger partial charge in [0, 0.05) is 37.1 Å². The number of carbonyl (C=O) groups is 3. The van der Waals surface area contributed by atoms with Gasteiger partial charge in [0.1, 0.15) is 0 Å². The van der Waals surface area contributed by atoms with Crippen LogP contribution in [0, 0.1) is 0 Å². The minimum Gasteiger partial charge on any atom is -0.324 e. The molecule has 1 fully saturated rings. The third-order valence-electron chi connectivity index (χ3n) is 5.92. The Balaban J connectivity index is 1.47. The van der Waals surface area contributed by atoms with E-state index >= 15 is 0 Å². The first-order valence-electron chi connectivity index (χ1n) is 9.47. The Morgan fingerprint density at radius 2 is 1.75 bits per heavy atom. The van der Waals surface area contributed by atoms with Crippen LogP contribution in [0.3, 0.4) is 0 Å². The number of nitrogens with zero attached hydrogens (tertiary/aromatic N) is 2. The molecule has 144 valence electrons. The van der Waals surface area contributed by atoms with Crippen molar-refractivity contribution in [1.29, 1.82) is 0 Å². The van der Waals surface area contributed by atoms with Crippen molar-refractivity contribution in [2.24, 2.45) is 0 Å². The lowest BCUT2D eigenvalue weighted by Crippen LogP contribution is -2.50. The molecule has 4 rings (SSSR count). The largest absolute Gasteiger partial charge is 0.324 e. The van der Waals surface area contributed by atoms with E-state index in [1.165, 1.54) is 6.92 Å². The molecule has 6 heteroatoms. The summed E-state index contributed by atoms with van der Waals surface area (Å²) in [4.78, 5) is 40.7. The van der Waals surface area contributed by atoms with Crippen molar-refractivity contribution in [2.45, 2.75) is 25.2 Å². The second-order valence-corrected chi connectivity index (χ2v) is 7.52. The number of benzene rings is 2. The summed E-state index contributed by atoms with van der Waals surface area (Å²) in [5, 5.41) is 2.86. The average molecular weight is 377 g/mol. The van der Waals surface area contributed by atoms with E-state index in [2.05, 4.69) is 5.32 Å². The van der Waals surface area contributed by atoms with Gasteiger partial charge in [-0.1, -0.05) is 30.3 Å². The zero-order valence-electron chi connectivity index (χ0n) is 16.1. The third kappa shape index (κ3) is 2.85.